The Morgan fingerprint density at radius 3 is 2.31 bits per heavy atom. The topological polar surface area (TPSA) is 49.4 Å². The molecule has 1 atom stereocenters. The highest BCUT2D eigenvalue weighted by molar-refractivity contribution is 8.04. The van der Waals surface area contributed by atoms with Crippen LogP contribution in [0.15, 0.2) is 113 Å². The maximum atomic E-state index is 13.6. The summed E-state index contributed by atoms with van der Waals surface area (Å²) in [5.41, 5.74) is 5.97. The van der Waals surface area contributed by atoms with Crippen molar-refractivity contribution in [2.75, 3.05) is 4.90 Å². The lowest BCUT2D eigenvalue weighted by atomic mass is 10.1. The van der Waals surface area contributed by atoms with E-state index in [4.69, 9.17) is 0 Å². The van der Waals surface area contributed by atoms with E-state index < -0.39 is 0 Å². The van der Waals surface area contributed by atoms with Crippen molar-refractivity contribution in [1.82, 2.24) is 5.32 Å². The first-order valence-electron chi connectivity index (χ1n) is 13.3. The third-order valence-electron chi connectivity index (χ3n) is 6.85. The van der Waals surface area contributed by atoms with Crippen LogP contribution in [0.4, 0.5) is 5.69 Å². The fourth-order valence-corrected chi connectivity index (χ4v) is 5.64. The Morgan fingerprint density at radius 2 is 1.56 bits per heavy atom. The molecule has 4 aromatic carbocycles. The summed E-state index contributed by atoms with van der Waals surface area (Å²) in [6.07, 6.45) is 3.71. The number of anilines is 1. The maximum absolute atomic E-state index is 13.6. The van der Waals surface area contributed by atoms with Crippen LogP contribution in [0.2, 0.25) is 0 Å². The molecule has 0 bridgehead atoms. The lowest BCUT2D eigenvalue weighted by Crippen LogP contribution is -2.33. The predicted molar refractivity (Wildman–Crippen MR) is 161 cm³/mol. The van der Waals surface area contributed by atoms with Crippen molar-refractivity contribution in [3.63, 3.8) is 0 Å². The SMILES string of the molecule is Cc1ccc(CN2C(=O)C(=Cc3ccc(C(=O)NC(C)CCc4ccccc4)cc3)Sc3ccccc32)cc1. The summed E-state index contributed by atoms with van der Waals surface area (Å²) in [5.74, 6) is -0.107. The standard InChI is InChI=1S/C34H32N2O2S/c1-24-12-15-28(16-13-24)23-36-30-10-6-7-11-31(30)39-32(34(36)38)22-27-18-20-29(21-19-27)33(37)35-25(2)14-17-26-8-4-3-5-9-26/h3-13,15-16,18-22,25H,14,17,23H2,1-2H3,(H,35,37). The van der Waals surface area contributed by atoms with Crippen LogP contribution in [0.1, 0.15) is 46.0 Å². The van der Waals surface area contributed by atoms with Crippen molar-refractivity contribution in [3.8, 4) is 0 Å². The highest BCUT2D eigenvalue weighted by atomic mass is 32.2. The molecule has 1 N–H and O–H groups in total. The molecule has 0 aromatic heterocycles. The highest BCUT2D eigenvalue weighted by Gasteiger charge is 2.29. The molecule has 0 saturated carbocycles. The number of amides is 2. The lowest BCUT2D eigenvalue weighted by molar-refractivity contribution is -0.114. The van der Waals surface area contributed by atoms with Gasteiger partial charge in [-0.3, -0.25) is 9.59 Å². The molecule has 0 saturated heterocycles. The minimum absolute atomic E-state index is 0.0201. The molecule has 1 aliphatic rings. The van der Waals surface area contributed by atoms with E-state index in [0.717, 1.165) is 34.6 Å². The molecule has 2 amide bonds. The number of carbonyl (C=O) groups excluding carboxylic acids is 2. The Labute approximate surface area is 234 Å². The maximum Gasteiger partial charge on any atom is 0.265 e. The number of aryl methyl sites for hydroxylation is 2. The molecule has 4 nitrogen and oxygen atoms in total. The number of carbonyl (C=O) groups is 2. The molecular formula is C34H32N2O2S. The number of hydrogen-bond acceptors (Lipinski definition) is 3. The van der Waals surface area contributed by atoms with Crippen LogP contribution < -0.4 is 10.2 Å². The van der Waals surface area contributed by atoms with Gasteiger partial charge in [0.05, 0.1) is 17.1 Å². The molecule has 1 unspecified atom stereocenters. The van der Waals surface area contributed by atoms with Crippen LogP contribution in [-0.2, 0) is 17.8 Å². The number of nitrogens with zero attached hydrogens (tertiary/aromatic N) is 1. The third kappa shape index (κ3) is 6.68. The van der Waals surface area contributed by atoms with Crippen LogP contribution in [0, 0.1) is 6.92 Å². The Balaban J connectivity index is 1.27. The molecular weight excluding hydrogens is 500 g/mol. The van der Waals surface area contributed by atoms with Crippen LogP contribution in [0.5, 0.6) is 0 Å². The summed E-state index contributed by atoms with van der Waals surface area (Å²) in [5, 5.41) is 3.10. The van der Waals surface area contributed by atoms with E-state index in [1.54, 1.807) is 0 Å². The minimum atomic E-state index is -0.0870. The van der Waals surface area contributed by atoms with Gasteiger partial charge in [0.2, 0.25) is 0 Å². The van der Waals surface area contributed by atoms with Gasteiger partial charge in [0.25, 0.3) is 11.8 Å². The first kappa shape index (κ1) is 26.5. The second kappa shape index (κ2) is 12.2. The van der Waals surface area contributed by atoms with Gasteiger partial charge in [-0.2, -0.15) is 0 Å². The predicted octanol–water partition coefficient (Wildman–Crippen LogP) is 7.43. The second-order valence-corrected chi connectivity index (χ2v) is 11.1. The Hall–Kier alpha value is -4.09. The summed E-state index contributed by atoms with van der Waals surface area (Å²) < 4.78 is 0. The summed E-state index contributed by atoms with van der Waals surface area (Å²) in [6.45, 7) is 4.60. The first-order chi connectivity index (χ1) is 19.0. The molecule has 1 aliphatic heterocycles. The van der Waals surface area contributed by atoms with Gasteiger partial charge in [-0.05, 0) is 73.7 Å². The van der Waals surface area contributed by atoms with Gasteiger partial charge in [-0.1, -0.05) is 96.2 Å². The average molecular weight is 533 g/mol. The normalized spacial score (nSPS) is 14.7. The molecule has 5 heteroatoms. The number of nitrogens with one attached hydrogen (secondary N) is 1. The van der Waals surface area contributed by atoms with E-state index in [1.165, 1.54) is 22.9 Å². The third-order valence-corrected chi connectivity index (χ3v) is 7.93. The quantitative estimate of drug-likeness (QED) is 0.240. The van der Waals surface area contributed by atoms with Crippen molar-refractivity contribution >= 4 is 35.3 Å². The van der Waals surface area contributed by atoms with E-state index >= 15 is 0 Å². The summed E-state index contributed by atoms with van der Waals surface area (Å²) in [6, 6.07) is 34.1. The van der Waals surface area contributed by atoms with E-state index in [9.17, 15) is 9.59 Å². The molecule has 0 radical (unpaired) electrons. The molecule has 196 valence electrons. The number of benzene rings is 4. The van der Waals surface area contributed by atoms with Crippen molar-refractivity contribution in [2.24, 2.45) is 0 Å². The van der Waals surface area contributed by atoms with Crippen molar-refractivity contribution in [1.29, 1.82) is 0 Å². The zero-order valence-electron chi connectivity index (χ0n) is 22.3. The molecule has 39 heavy (non-hydrogen) atoms. The average Bonchev–Trinajstić information content (AvgIpc) is 2.96. The summed E-state index contributed by atoms with van der Waals surface area (Å²) >= 11 is 1.49. The van der Waals surface area contributed by atoms with Gasteiger partial charge in [-0.15, -0.1) is 0 Å². The van der Waals surface area contributed by atoms with Crippen molar-refractivity contribution in [2.45, 2.75) is 44.2 Å². The van der Waals surface area contributed by atoms with Crippen molar-refractivity contribution in [3.05, 3.63) is 136 Å². The van der Waals surface area contributed by atoms with Crippen LogP contribution in [0.3, 0.4) is 0 Å². The van der Waals surface area contributed by atoms with Crippen LogP contribution in [0.25, 0.3) is 6.08 Å². The first-order valence-corrected chi connectivity index (χ1v) is 14.1. The van der Waals surface area contributed by atoms with Gasteiger partial charge in [-0.25, -0.2) is 0 Å². The molecule has 0 aliphatic carbocycles. The van der Waals surface area contributed by atoms with Gasteiger partial charge in [0.15, 0.2) is 0 Å². The van der Waals surface area contributed by atoms with Crippen molar-refractivity contribution < 1.29 is 9.59 Å². The largest absolute Gasteiger partial charge is 0.350 e. The zero-order chi connectivity index (χ0) is 27.2. The van der Waals surface area contributed by atoms with Gasteiger partial charge < -0.3 is 10.2 Å². The molecule has 1 heterocycles. The molecule has 0 fully saturated rings. The van der Waals surface area contributed by atoms with E-state index in [2.05, 4.69) is 54.7 Å². The fourth-order valence-electron chi connectivity index (χ4n) is 4.58. The number of rotatable bonds is 8. The van der Waals surface area contributed by atoms with Gasteiger partial charge in [0, 0.05) is 16.5 Å². The second-order valence-electron chi connectivity index (χ2n) is 9.98. The Kier molecular flexibility index (Phi) is 8.28. The number of thioether (sulfide) groups is 1. The van der Waals surface area contributed by atoms with E-state index in [-0.39, 0.29) is 17.9 Å². The Bertz CT molecular complexity index is 1480. The van der Waals surface area contributed by atoms with Crippen LogP contribution in [-0.4, -0.2) is 17.9 Å². The molecule has 4 aromatic rings. The number of para-hydroxylation sites is 1. The van der Waals surface area contributed by atoms with Crippen LogP contribution >= 0.6 is 11.8 Å². The number of hydrogen-bond donors (Lipinski definition) is 1. The molecule has 5 rings (SSSR count). The fraction of sp³-hybridized carbons (Fsp3) is 0.176. The van der Waals surface area contributed by atoms with E-state index in [1.807, 2.05) is 78.6 Å². The Morgan fingerprint density at radius 1 is 0.872 bits per heavy atom. The zero-order valence-corrected chi connectivity index (χ0v) is 23.1. The summed E-state index contributed by atoms with van der Waals surface area (Å²) in [7, 11) is 0. The van der Waals surface area contributed by atoms with Gasteiger partial charge in [0.1, 0.15) is 0 Å². The minimum Gasteiger partial charge on any atom is -0.350 e. The monoisotopic (exact) mass is 532 g/mol. The lowest BCUT2D eigenvalue weighted by Gasteiger charge is -2.30. The highest BCUT2D eigenvalue weighted by Crippen LogP contribution is 2.42. The van der Waals surface area contributed by atoms with E-state index in [0.29, 0.717) is 17.0 Å². The molecule has 0 spiro atoms. The smallest absolute Gasteiger partial charge is 0.265 e. The summed E-state index contributed by atoms with van der Waals surface area (Å²) in [4.78, 5) is 30.0. The number of fused-ring (bicyclic) bond motifs is 1. The van der Waals surface area contributed by atoms with Gasteiger partial charge >= 0.3 is 0 Å².